The summed E-state index contributed by atoms with van der Waals surface area (Å²) < 4.78 is 49.4. The van der Waals surface area contributed by atoms with Crippen LogP contribution >= 0.6 is 0 Å². The van der Waals surface area contributed by atoms with Crippen molar-refractivity contribution in [1.82, 2.24) is 0 Å². The molecule has 1 aromatic rings. The monoisotopic (exact) mass is 393 g/mol. The minimum atomic E-state index is -3.78. The van der Waals surface area contributed by atoms with Crippen molar-refractivity contribution in [3.8, 4) is 12.0 Å². The van der Waals surface area contributed by atoms with Crippen LogP contribution in [0, 0.1) is 23.3 Å². The van der Waals surface area contributed by atoms with Gasteiger partial charge in [0.2, 0.25) is 0 Å². The fourth-order valence-electron chi connectivity index (χ4n) is 2.70. The van der Waals surface area contributed by atoms with E-state index in [1.165, 1.54) is 31.6 Å². The van der Waals surface area contributed by atoms with Crippen LogP contribution in [0.4, 0.5) is 4.39 Å². The van der Waals surface area contributed by atoms with E-state index in [0.717, 1.165) is 12.8 Å². The molecule has 0 amide bonds. The van der Waals surface area contributed by atoms with E-state index in [9.17, 15) is 12.8 Å². The van der Waals surface area contributed by atoms with Gasteiger partial charge in [0.05, 0.1) is 0 Å². The number of ether oxygens (including phenoxy) is 1. The SMILES string of the molecule is CCCC(=BOC#N)C(C)(C)S(=O)(=O)Cc1cc(OCC2CC2)ccc1F. The molecular formula is C19H25BFNO4S. The minimum absolute atomic E-state index is 0.0772. The van der Waals surface area contributed by atoms with Gasteiger partial charge in [0, 0.05) is 0 Å². The molecular weight excluding hydrogens is 368 g/mol. The molecule has 1 aliphatic carbocycles. The molecule has 2 rings (SSSR count). The predicted octanol–water partition coefficient (Wildman–Crippen LogP) is 3.40. The van der Waals surface area contributed by atoms with Crippen LogP contribution < -0.4 is 4.74 Å². The molecule has 0 N–H and O–H groups in total. The number of benzene rings is 1. The van der Waals surface area contributed by atoms with E-state index in [1.807, 2.05) is 6.92 Å². The van der Waals surface area contributed by atoms with Crippen LogP contribution in [0.15, 0.2) is 18.2 Å². The quantitative estimate of drug-likeness (QED) is 0.450. The molecule has 0 bridgehead atoms. The van der Waals surface area contributed by atoms with Gasteiger partial charge in [-0.05, 0) is 0 Å². The zero-order valence-corrected chi connectivity index (χ0v) is 16.8. The summed E-state index contributed by atoms with van der Waals surface area (Å²) in [7, 11) is -2.59. The molecule has 0 unspecified atom stereocenters. The molecule has 1 aromatic carbocycles. The van der Waals surface area contributed by atoms with Crippen molar-refractivity contribution in [2.45, 2.75) is 57.0 Å². The fourth-order valence-corrected chi connectivity index (χ4v) is 4.24. The van der Waals surface area contributed by atoms with Crippen LogP contribution in [0.25, 0.3) is 0 Å². The summed E-state index contributed by atoms with van der Waals surface area (Å²) in [6.07, 6.45) is 4.94. The van der Waals surface area contributed by atoms with Crippen molar-refractivity contribution in [3.05, 3.63) is 29.6 Å². The third-order valence-corrected chi connectivity index (χ3v) is 7.38. The van der Waals surface area contributed by atoms with E-state index >= 15 is 0 Å². The van der Waals surface area contributed by atoms with Gasteiger partial charge in [0.1, 0.15) is 0 Å². The zero-order chi connectivity index (χ0) is 20.1. The number of sulfone groups is 1. The zero-order valence-electron chi connectivity index (χ0n) is 16.0. The van der Waals surface area contributed by atoms with Crippen LogP contribution in [0.2, 0.25) is 0 Å². The van der Waals surface area contributed by atoms with Crippen molar-refractivity contribution in [1.29, 1.82) is 5.26 Å². The molecule has 8 heteroatoms. The summed E-state index contributed by atoms with van der Waals surface area (Å²) in [5.41, 5.74) is 0.557. The molecule has 0 radical (unpaired) electrons. The second-order valence-corrected chi connectivity index (χ2v) is 9.92. The van der Waals surface area contributed by atoms with Gasteiger partial charge >= 0.3 is 161 Å². The molecule has 0 saturated heterocycles. The molecule has 0 heterocycles. The molecule has 0 aromatic heterocycles. The summed E-state index contributed by atoms with van der Waals surface area (Å²) in [4.78, 5) is 0. The molecule has 27 heavy (non-hydrogen) atoms. The van der Waals surface area contributed by atoms with E-state index in [0.29, 0.717) is 36.6 Å². The number of halogens is 1. The van der Waals surface area contributed by atoms with E-state index in [1.54, 1.807) is 13.8 Å². The Morgan fingerprint density at radius 2 is 2.11 bits per heavy atom. The Morgan fingerprint density at radius 3 is 2.70 bits per heavy atom. The standard InChI is InChI=1S/C19H25BFNO4S/c1-4-5-18(20-26-13-22)19(2,3)27(23,24)12-15-10-16(8-9-17(15)21)25-11-14-6-7-14/h8-10,14H,4-7,11-12H2,1-3H3. The van der Waals surface area contributed by atoms with Crippen LogP contribution in [0.1, 0.15) is 52.0 Å². The molecule has 5 nitrogen and oxygen atoms in total. The van der Waals surface area contributed by atoms with Crippen molar-refractivity contribution in [3.63, 3.8) is 0 Å². The Kier molecular flexibility index (Phi) is 7.04. The van der Waals surface area contributed by atoms with Gasteiger partial charge < -0.3 is 0 Å². The second-order valence-electron chi connectivity index (χ2n) is 7.38. The Balaban J connectivity index is 2.24. The van der Waals surface area contributed by atoms with Crippen molar-refractivity contribution in [2.24, 2.45) is 5.92 Å². The Labute approximate surface area is 161 Å². The number of nitriles is 1. The Hall–Kier alpha value is -1.88. The van der Waals surface area contributed by atoms with Crippen LogP contribution in [-0.4, -0.2) is 32.4 Å². The summed E-state index contributed by atoms with van der Waals surface area (Å²) in [5, 5.41) is 8.62. The third kappa shape index (κ3) is 5.55. The molecule has 0 atom stereocenters. The van der Waals surface area contributed by atoms with Crippen LogP contribution in [-0.2, 0) is 20.2 Å². The number of rotatable bonds is 10. The first kappa shape index (κ1) is 21.4. The Bertz CT molecular complexity index is 842. The molecule has 0 aliphatic heterocycles. The normalized spacial score (nSPS) is 15.0. The number of hydrogen-bond acceptors (Lipinski definition) is 5. The first-order chi connectivity index (χ1) is 12.7. The molecule has 1 aliphatic rings. The van der Waals surface area contributed by atoms with Gasteiger partial charge in [-0.2, -0.15) is 0 Å². The Morgan fingerprint density at radius 1 is 1.41 bits per heavy atom. The van der Waals surface area contributed by atoms with E-state index in [2.05, 4.69) is 4.65 Å². The second kappa shape index (κ2) is 8.88. The van der Waals surface area contributed by atoms with E-state index in [4.69, 9.17) is 10.00 Å². The maximum absolute atomic E-state index is 14.2. The van der Waals surface area contributed by atoms with Crippen LogP contribution in [0.5, 0.6) is 5.75 Å². The van der Waals surface area contributed by atoms with Crippen molar-refractivity contribution in [2.75, 3.05) is 6.61 Å². The molecule has 146 valence electrons. The van der Waals surface area contributed by atoms with Crippen molar-refractivity contribution >= 4 is 22.4 Å². The first-order valence-corrected chi connectivity index (χ1v) is 10.7. The van der Waals surface area contributed by atoms with E-state index < -0.39 is 26.2 Å². The summed E-state index contributed by atoms with van der Waals surface area (Å²) in [6, 6.07) is 4.21. The maximum atomic E-state index is 14.2. The van der Waals surface area contributed by atoms with Crippen molar-refractivity contribution < 1.29 is 22.2 Å². The fraction of sp³-hybridized carbons (Fsp3) is 0.579. The summed E-state index contributed by atoms with van der Waals surface area (Å²) in [5.74, 6) is -0.0194. The van der Waals surface area contributed by atoms with Gasteiger partial charge in [0.25, 0.3) is 0 Å². The van der Waals surface area contributed by atoms with Gasteiger partial charge in [-0.1, -0.05) is 0 Å². The number of hydrogen-bond donors (Lipinski definition) is 0. The van der Waals surface area contributed by atoms with Gasteiger partial charge in [-0.3, -0.25) is 0 Å². The number of nitrogens with zero attached hydrogens (tertiary/aromatic N) is 1. The van der Waals surface area contributed by atoms with Gasteiger partial charge in [-0.25, -0.2) is 0 Å². The average Bonchev–Trinajstić information content (AvgIpc) is 3.43. The molecule has 1 saturated carbocycles. The van der Waals surface area contributed by atoms with Gasteiger partial charge in [-0.15, -0.1) is 0 Å². The van der Waals surface area contributed by atoms with Crippen LogP contribution in [0.3, 0.4) is 0 Å². The summed E-state index contributed by atoms with van der Waals surface area (Å²) >= 11 is 0. The summed E-state index contributed by atoms with van der Waals surface area (Å²) in [6.45, 7) is 5.58. The predicted molar refractivity (Wildman–Crippen MR) is 104 cm³/mol. The topological polar surface area (TPSA) is 76.4 Å². The first-order valence-electron chi connectivity index (χ1n) is 9.09. The van der Waals surface area contributed by atoms with Gasteiger partial charge in [0.15, 0.2) is 0 Å². The van der Waals surface area contributed by atoms with E-state index in [-0.39, 0.29) is 5.56 Å². The molecule has 1 fully saturated rings. The average molecular weight is 393 g/mol. The molecule has 0 spiro atoms. The third-order valence-electron chi connectivity index (χ3n) is 4.87.